The van der Waals surface area contributed by atoms with Crippen molar-refractivity contribution < 1.29 is 39.9 Å². The number of amides is 1. The number of nitrogens with zero attached hydrogens (tertiary/aromatic N) is 2. The highest BCUT2D eigenvalue weighted by Crippen LogP contribution is 2.19. The predicted octanol–water partition coefficient (Wildman–Crippen LogP) is -1.49. The molecule has 142 valence electrons. The SMILES string of the molecule is CC1=NN(c2ccccc2)C(=O)C1.O=C[C@H](O)[C@@H](O)[C@H](O)[C@H](O)C(=O)O. The van der Waals surface area contributed by atoms with Crippen LogP contribution in [0.2, 0.25) is 0 Å². The van der Waals surface area contributed by atoms with Crippen LogP contribution in [0.25, 0.3) is 0 Å². The van der Waals surface area contributed by atoms with Gasteiger partial charge in [-0.15, -0.1) is 0 Å². The zero-order chi connectivity index (χ0) is 19.9. The number of aliphatic carboxylic acids is 1. The zero-order valence-corrected chi connectivity index (χ0v) is 13.8. The van der Waals surface area contributed by atoms with Crippen LogP contribution in [0.5, 0.6) is 0 Å². The van der Waals surface area contributed by atoms with E-state index in [-0.39, 0.29) is 12.2 Å². The third kappa shape index (κ3) is 5.70. The minimum Gasteiger partial charge on any atom is -0.479 e. The van der Waals surface area contributed by atoms with Crippen LogP contribution in [-0.2, 0) is 14.4 Å². The number of benzene rings is 1. The van der Waals surface area contributed by atoms with Gasteiger partial charge >= 0.3 is 5.97 Å². The molecule has 1 amide bonds. The lowest BCUT2D eigenvalue weighted by atomic mass is 10.0. The van der Waals surface area contributed by atoms with Gasteiger partial charge in [0.05, 0.1) is 12.1 Å². The number of hydrogen-bond acceptors (Lipinski definition) is 8. The van der Waals surface area contributed by atoms with Gasteiger partial charge in [0, 0.05) is 5.71 Å². The van der Waals surface area contributed by atoms with E-state index in [9.17, 15) is 14.4 Å². The summed E-state index contributed by atoms with van der Waals surface area (Å²) in [6.45, 7) is 1.86. The highest BCUT2D eigenvalue weighted by atomic mass is 16.4. The Kier molecular flexibility index (Phi) is 8.00. The van der Waals surface area contributed by atoms with Gasteiger partial charge in [0.25, 0.3) is 5.91 Å². The first-order valence-corrected chi connectivity index (χ1v) is 7.51. The zero-order valence-electron chi connectivity index (χ0n) is 13.8. The molecule has 0 fully saturated rings. The molecular weight excluding hydrogens is 348 g/mol. The Balaban J connectivity index is 0.000000260. The lowest BCUT2D eigenvalue weighted by molar-refractivity contribution is -0.163. The third-order valence-corrected chi connectivity index (χ3v) is 3.33. The lowest BCUT2D eigenvalue weighted by Crippen LogP contribution is -2.48. The standard InChI is InChI=1S/C10H10N2O.C6H10O7/c1-8-7-10(13)12(11-8)9-5-3-2-4-6-9;7-1-2(8)3(9)4(10)5(11)6(12)13/h2-6H,7H2,1H3;1-5,8-11H,(H,12,13)/t;2-,3+,4-,5-/m.0/s1. The molecule has 1 aliphatic rings. The van der Waals surface area contributed by atoms with Gasteiger partial charge in [-0.25, -0.2) is 9.80 Å². The van der Waals surface area contributed by atoms with Crippen LogP contribution in [0.3, 0.4) is 0 Å². The highest BCUT2D eigenvalue weighted by Gasteiger charge is 2.34. The normalized spacial score (nSPS) is 18.1. The molecular formula is C16H20N2O8. The molecule has 0 saturated heterocycles. The third-order valence-electron chi connectivity index (χ3n) is 3.33. The number of aliphatic hydroxyl groups is 4. The van der Waals surface area contributed by atoms with E-state index in [2.05, 4.69) is 5.10 Å². The van der Waals surface area contributed by atoms with Crippen LogP contribution in [-0.4, -0.2) is 73.8 Å². The van der Waals surface area contributed by atoms with E-state index in [1.165, 1.54) is 5.01 Å². The summed E-state index contributed by atoms with van der Waals surface area (Å²) >= 11 is 0. The molecule has 1 aliphatic heterocycles. The fourth-order valence-corrected chi connectivity index (χ4v) is 1.94. The summed E-state index contributed by atoms with van der Waals surface area (Å²) < 4.78 is 0. The minimum absolute atomic E-state index is 0.0451. The number of carboxylic acid groups (broad SMARTS) is 1. The largest absolute Gasteiger partial charge is 0.479 e. The smallest absolute Gasteiger partial charge is 0.335 e. The van der Waals surface area contributed by atoms with Gasteiger partial charge in [0.1, 0.15) is 18.3 Å². The van der Waals surface area contributed by atoms with Crippen LogP contribution >= 0.6 is 0 Å². The summed E-state index contributed by atoms with van der Waals surface area (Å²) in [5, 5.41) is 48.8. The number of aldehydes is 1. The second-order valence-electron chi connectivity index (χ2n) is 5.44. The van der Waals surface area contributed by atoms with Crippen molar-refractivity contribution >= 4 is 29.6 Å². The number of rotatable bonds is 6. The second-order valence-corrected chi connectivity index (χ2v) is 5.44. The highest BCUT2D eigenvalue weighted by molar-refractivity contribution is 6.12. The van der Waals surface area contributed by atoms with Crippen molar-refractivity contribution in [3.8, 4) is 0 Å². The molecule has 0 unspecified atom stereocenters. The summed E-state index contributed by atoms with van der Waals surface area (Å²) in [4.78, 5) is 31.4. The number of hydrogen-bond donors (Lipinski definition) is 5. The number of carbonyl (C=O) groups is 3. The van der Waals surface area contributed by atoms with Gasteiger partial charge in [-0.05, 0) is 19.1 Å². The van der Waals surface area contributed by atoms with Crippen LogP contribution in [0.1, 0.15) is 13.3 Å². The molecule has 10 nitrogen and oxygen atoms in total. The Morgan fingerprint density at radius 1 is 1.15 bits per heavy atom. The molecule has 1 aromatic carbocycles. The van der Waals surface area contributed by atoms with Gasteiger partial charge < -0.3 is 30.3 Å². The molecule has 0 bridgehead atoms. The summed E-state index contributed by atoms with van der Waals surface area (Å²) in [6.07, 6.45) is -7.95. The van der Waals surface area contributed by atoms with Crippen LogP contribution in [0, 0.1) is 0 Å². The summed E-state index contributed by atoms with van der Waals surface area (Å²) in [5.74, 6) is -1.71. The Hall–Kier alpha value is -2.66. The Morgan fingerprint density at radius 3 is 2.15 bits per heavy atom. The van der Waals surface area contributed by atoms with Gasteiger partial charge in [0.15, 0.2) is 12.4 Å². The first kappa shape index (κ1) is 21.4. The molecule has 5 N–H and O–H groups in total. The average molecular weight is 368 g/mol. The molecule has 1 aromatic rings. The van der Waals surface area contributed by atoms with E-state index in [1.807, 2.05) is 37.3 Å². The molecule has 0 aromatic heterocycles. The molecule has 0 aliphatic carbocycles. The van der Waals surface area contributed by atoms with Crippen molar-refractivity contribution in [1.82, 2.24) is 0 Å². The van der Waals surface area contributed by atoms with Crippen molar-refractivity contribution in [2.45, 2.75) is 37.8 Å². The number of carbonyl (C=O) groups excluding carboxylic acids is 2. The van der Waals surface area contributed by atoms with E-state index in [1.54, 1.807) is 0 Å². The van der Waals surface area contributed by atoms with Crippen molar-refractivity contribution in [3.63, 3.8) is 0 Å². The molecule has 0 saturated carbocycles. The lowest BCUT2D eigenvalue weighted by Gasteiger charge is -2.21. The fourth-order valence-electron chi connectivity index (χ4n) is 1.94. The second kappa shape index (κ2) is 9.73. The van der Waals surface area contributed by atoms with Crippen LogP contribution in [0.15, 0.2) is 35.4 Å². The molecule has 10 heteroatoms. The van der Waals surface area contributed by atoms with Gasteiger partial charge in [-0.1, -0.05) is 18.2 Å². The van der Waals surface area contributed by atoms with Crippen molar-refractivity contribution in [2.24, 2.45) is 5.10 Å². The molecule has 2 rings (SSSR count). The van der Waals surface area contributed by atoms with Gasteiger partial charge in [-0.2, -0.15) is 5.10 Å². The van der Waals surface area contributed by atoms with Crippen molar-refractivity contribution in [1.29, 1.82) is 0 Å². The van der Waals surface area contributed by atoms with Gasteiger partial charge in [0.2, 0.25) is 0 Å². The van der Waals surface area contributed by atoms with Crippen molar-refractivity contribution in [2.75, 3.05) is 5.01 Å². The summed E-state index contributed by atoms with van der Waals surface area (Å²) in [5.41, 5.74) is 1.71. The predicted molar refractivity (Wildman–Crippen MR) is 89.4 cm³/mol. The number of carboxylic acids is 1. The summed E-state index contributed by atoms with van der Waals surface area (Å²) in [6, 6.07) is 9.46. The monoisotopic (exact) mass is 368 g/mol. The Labute approximate surface area is 148 Å². The minimum atomic E-state index is -2.25. The fraction of sp³-hybridized carbons (Fsp3) is 0.375. The number of para-hydroxylation sites is 1. The Bertz CT molecular complexity index is 663. The van der Waals surface area contributed by atoms with Gasteiger partial charge in [-0.3, -0.25) is 4.79 Å². The molecule has 4 atom stereocenters. The van der Waals surface area contributed by atoms with Crippen molar-refractivity contribution in [3.05, 3.63) is 30.3 Å². The maximum Gasteiger partial charge on any atom is 0.335 e. The molecule has 0 spiro atoms. The average Bonchev–Trinajstić information content (AvgIpc) is 2.98. The quantitative estimate of drug-likeness (QED) is 0.378. The molecule has 1 heterocycles. The first-order chi connectivity index (χ1) is 12.2. The number of anilines is 1. The number of hydrazone groups is 1. The van der Waals surface area contributed by atoms with Crippen LogP contribution in [0.4, 0.5) is 5.69 Å². The molecule has 26 heavy (non-hydrogen) atoms. The van der Waals surface area contributed by atoms with E-state index < -0.39 is 30.4 Å². The maximum absolute atomic E-state index is 11.4. The van der Waals surface area contributed by atoms with E-state index in [4.69, 9.17) is 25.5 Å². The topological polar surface area (TPSA) is 168 Å². The first-order valence-electron chi connectivity index (χ1n) is 7.51. The maximum atomic E-state index is 11.4. The Morgan fingerprint density at radius 2 is 1.73 bits per heavy atom. The summed E-state index contributed by atoms with van der Waals surface area (Å²) in [7, 11) is 0. The molecule has 0 radical (unpaired) electrons. The van der Waals surface area contributed by atoms with E-state index in [0.29, 0.717) is 6.42 Å². The van der Waals surface area contributed by atoms with E-state index >= 15 is 0 Å². The number of aliphatic hydroxyl groups excluding tert-OH is 4. The van der Waals surface area contributed by atoms with E-state index in [0.717, 1.165) is 11.4 Å². The van der Waals surface area contributed by atoms with Crippen LogP contribution < -0.4 is 5.01 Å².